The van der Waals surface area contributed by atoms with Crippen molar-refractivity contribution in [3.05, 3.63) is 54.6 Å². The number of carbonyl (C=O) groups excluding carboxylic acids is 1. The van der Waals surface area contributed by atoms with Gasteiger partial charge in [0.2, 0.25) is 0 Å². The van der Waals surface area contributed by atoms with Crippen molar-refractivity contribution < 1.29 is 4.79 Å². The van der Waals surface area contributed by atoms with Gasteiger partial charge in [0, 0.05) is 24.5 Å². The molecule has 0 aliphatic carbocycles. The normalized spacial score (nSPS) is 17.3. The highest BCUT2D eigenvalue weighted by Crippen LogP contribution is 2.22. The summed E-state index contributed by atoms with van der Waals surface area (Å²) >= 11 is 0. The standard InChI is InChI=1S/C16H17N7O/c24-16(13-4-1-5-14(10-13)23-12-17-19-20-23)22-9-2-6-15(22)11-21-8-3-7-18-21/h1,3-5,7-8,10,12,15H,2,6,9,11H2/t15-/m1/s1. The summed E-state index contributed by atoms with van der Waals surface area (Å²) < 4.78 is 3.43. The average molecular weight is 323 g/mol. The predicted molar refractivity (Wildman–Crippen MR) is 85.4 cm³/mol. The van der Waals surface area contributed by atoms with Crippen LogP contribution in [0.3, 0.4) is 0 Å². The molecule has 1 saturated heterocycles. The van der Waals surface area contributed by atoms with Crippen LogP contribution >= 0.6 is 0 Å². The number of nitrogens with zero attached hydrogens (tertiary/aromatic N) is 7. The molecule has 122 valence electrons. The summed E-state index contributed by atoms with van der Waals surface area (Å²) in [5.41, 5.74) is 1.42. The Balaban J connectivity index is 1.55. The van der Waals surface area contributed by atoms with Crippen LogP contribution in [0.15, 0.2) is 49.1 Å². The number of hydrogen-bond acceptors (Lipinski definition) is 5. The third-order valence-electron chi connectivity index (χ3n) is 4.30. The minimum atomic E-state index is 0.0413. The first-order chi connectivity index (χ1) is 11.8. The van der Waals surface area contributed by atoms with Crippen molar-refractivity contribution >= 4 is 5.91 Å². The highest BCUT2D eigenvalue weighted by atomic mass is 16.2. The Bertz CT molecular complexity index is 813. The molecule has 1 atom stereocenters. The lowest BCUT2D eigenvalue weighted by molar-refractivity contribution is 0.0721. The lowest BCUT2D eigenvalue weighted by Gasteiger charge is -2.25. The number of hydrogen-bond donors (Lipinski definition) is 0. The molecular formula is C16H17N7O. The SMILES string of the molecule is O=C(c1cccc(-n2cnnn2)c1)N1CCC[C@@H]1Cn1cccn1. The molecule has 1 aliphatic rings. The number of likely N-dealkylation sites (tertiary alicyclic amines) is 1. The molecule has 1 fully saturated rings. The molecule has 24 heavy (non-hydrogen) atoms. The van der Waals surface area contributed by atoms with Crippen LogP contribution in [-0.4, -0.2) is 53.4 Å². The predicted octanol–water partition coefficient (Wildman–Crippen LogP) is 1.16. The molecule has 0 N–H and O–H groups in total. The maximum atomic E-state index is 12.9. The van der Waals surface area contributed by atoms with Crippen molar-refractivity contribution in [3.63, 3.8) is 0 Å². The third kappa shape index (κ3) is 2.78. The van der Waals surface area contributed by atoms with Crippen molar-refractivity contribution in [1.29, 1.82) is 0 Å². The van der Waals surface area contributed by atoms with E-state index >= 15 is 0 Å². The number of rotatable bonds is 4. The van der Waals surface area contributed by atoms with Gasteiger partial charge in [-0.1, -0.05) is 6.07 Å². The Morgan fingerprint density at radius 3 is 3.04 bits per heavy atom. The van der Waals surface area contributed by atoms with Crippen molar-refractivity contribution in [2.45, 2.75) is 25.4 Å². The van der Waals surface area contributed by atoms with Crippen LogP contribution in [0, 0.1) is 0 Å². The number of amides is 1. The number of aromatic nitrogens is 6. The van der Waals surface area contributed by atoms with E-state index in [0.29, 0.717) is 5.56 Å². The molecule has 3 aromatic rings. The Morgan fingerprint density at radius 2 is 2.25 bits per heavy atom. The summed E-state index contributed by atoms with van der Waals surface area (Å²) in [5, 5.41) is 15.4. The van der Waals surface area contributed by atoms with E-state index in [1.807, 2.05) is 46.1 Å². The van der Waals surface area contributed by atoms with Crippen LogP contribution in [0.2, 0.25) is 0 Å². The molecule has 2 aromatic heterocycles. The zero-order valence-electron chi connectivity index (χ0n) is 13.1. The molecule has 8 heteroatoms. The quantitative estimate of drug-likeness (QED) is 0.720. The summed E-state index contributed by atoms with van der Waals surface area (Å²) in [5.74, 6) is 0.0413. The van der Waals surface area contributed by atoms with E-state index in [4.69, 9.17) is 0 Å². The summed E-state index contributed by atoms with van der Waals surface area (Å²) in [6, 6.07) is 9.45. The van der Waals surface area contributed by atoms with Crippen LogP contribution in [0.4, 0.5) is 0 Å². The van der Waals surface area contributed by atoms with Gasteiger partial charge in [-0.15, -0.1) is 5.10 Å². The smallest absolute Gasteiger partial charge is 0.254 e. The van der Waals surface area contributed by atoms with Crippen LogP contribution < -0.4 is 0 Å². The minimum absolute atomic E-state index is 0.0413. The second kappa shape index (κ2) is 6.23. The van der Waals surface area contributed by atoms with Gasteiger partial charge in [0.15, 0.2) is 0 Å². The third-order valence-corrected chi connectivity index (χ3v) is 4.30. The minimum Gasteiger partial charge on any atom is -0.334 e. The summed E-state index contributed by atoms with van der Waals surface area (Å²) in [7, 11) is 0. The first kappa shape index (κ1) is 14.6. The molecule has 3 heterocycles. The topological polar surface area (TPSA) is 81.7 Å². The van der Waals surface area contributed by atoms with Gasteiger partial charge in [0.25, 0.3) is 5.91 Å². The zero-order chi connectivity index (χ0) is 16.4. The van der Waals surface area contributed by atoms with Crippen LogP contribution in [0.1, 0.15) is 23.2 Å². The second-order valence-electron chi connectivity index (χ2n) is 5.83. The van der Waals surface area contributed by atoms with E-state index in [-0.39, 0.29) is 11.9 Å². The fourth-order valence-electron chi connectivity index (χ4n) is 3.14. The van der Waals surface area contributed by atoms with Gasteiger partial charge in [-0.2, -0.15) is 5.10 Å². The molecule has 1 aromatic carbocycles. The molecule has 0 saturated carbocycles. The Hall–Kier alpha value is -3.03. The first-order valence-electron chi connectivity index (χ1n) is 7.93. The Morgan fingerprint density at radius 1 is 1.29 bits per heavy atom. The van der Waals surface area contributed by atoms with Gasteiger partial charge >= 0.3 is 0 Å². The van der Waals surface area contributed by atoms with Crippen LogP contribution in [0.25, 0.3) is 5.69 Å². The molecule has 8 nitrogen and oxygen atoms in total. The molecule has 1 aliphatic heterocycles. The van der Waals surface area contributed by atoms with Crippen LogP contribution in [-0.2, 0) is 6.54 Å². The van der Waals surface area contributed by atoms with Gasteiger partial charge in [0.1, 0.15) is 6.33 Å². The molecular weight excluding hydrogens is 306 g/mol. The zero-order valence-corrected chi connectivity index (χ0v) is 13.1. The molecule has 4 rings (SSSR count). The monoisotopic (exact) mass is 323 g/mol. The number of tetrazole rings is 1. The van der Waals surface area contributed by atoms with Gasteiger partial charge in [-0.3, -0.25) is 9.48 Å². The summed E-state index contributed by atoms with van der Waals surface area (Å²) in [6.07, 6.45) is 7.22. The number of carbonyl (C=O) groups is 1. The maximum absolute atomic E-state index is 12.9. The van der Waals surface area contributed by atoms with E-state index < -0.39 is 0 Å². The van der Waals surface area contributed by atoms with Crippen molar-refractivity contribution in [3.8, 4) is 5.69 Å². The fourth-order valence-corrected chi connectivity index (χ4v) is 3.14. The van der Waals surface area contributed by atoms with Crippen molar-refractivity contribution in [2.75, 3.05) is 6.54 Å². The highest BCUT2D eigenvalue weighted by Gasteiger charge is 2.29. The Labute approximate surface area is 138 Å². The van der Waals surface area contributed by atoms with Gasteiger partial charge in [-0.25, -0.2) is 4.68 Å². The lowest BCUT2D eigenvalue weighted by Crippen LogP contribution is -2.38. The molecule has 1 amide bonds. The molecule has 0 unspecified atom stereocenters. The highest BCUT2D eigenvalue weighted by molar-refractivity contribution is 5.95. The molecule has 0 radical (unpaired) electrons. The van der Waals surface area contributed by atoms with Crippen molar-refractivity contribution in [2.24, 2.45) is 0 Å². The van der Waals surface area contributed by atoms with Crippen molar-refractivity contribution in [1.82, 2.24) is 34.9 Å². The van der Waals surface area contributed by atoms with Gasteiger partial charge in [-0.05, 0) is 47.5 Å². The largest absolute Gasteiger partial charge is 0.334 e. The summed E-state index contributed by atoms with van der Waals surface area (Å²) in [4.78, 5) is 14.9. The van der Waals surface area contributed by atoms with Crippen LogP contribution in [0.5, 0.6) is 0 Å². The van der Waals surface area contributed by atoms with Gasteiger partial charge < -0.3 is 4.90 Å². The van der Waals surface area contributed by atoms with Gasteiger partial charge in [0.05, 0.1) is 18.3 Å². The first-order valence-corrected chi connectivity index (χ1v) is 7.93. The molecule has 0 bridgehead atoms. The van der Waals surface area contributed by atoms with E-state index in [1.165, 1.54) is 6.33 Å². The Kier molecular flexibility index (Phi) is 3.78. The van der Waals surface area contributed by atoms with E-state index in [2.05, 4.69) is 20.6 Å². The average Bonchev–Trinajstić information content (AvgIpc) is 3.37. The number of benzene rings is 1. The maximum Gasteiger partial charge on any atom is 0.254 e. The van der Waals surface area contributed by atoms with E-state index in [0.717, 1.165) is 31.6 Å². The second-order valence-corrected chi connectivity index (χ2v) is 5.83. The summed E-state index contributed by atoms with van der Waals surface area (Å²) in [6.45, 7) is 1.51. The van der Waals surface area contributed by atoms with E-state index in [9.17, 15) is 4.79 Å². The van der Waals surface area contributed by atoms with E-state index in [1.54, 1.807) is 10.9 Å². The fraction of sp³-hybridized carbons (Fsp3) is 0.312. The lowest BCUT2D eigenvalue weighted by atomic mass is 10.1. The molecule has 0 spiro atoms.